The number of carbonyl (C=O) groups is 4. The van der Waals surface area contributed by atoms with Gasteiger partial charge in [0.15, 0.2) is 0 Å². The second-order valence-corrected chi connectivity index (χ2v) is 14.8. The third-order valence-electron chi connectivity index (χ3n) is 11.1. The first kappa shape index (κ1) is 42.5. The van der Waals surface area contributed by atoms with E-state index < -0.39 is 64.7 Å². The number of aliphatic hydroxyl groups is 1. The molecule has 9 nitrogen and oxygen atoms in total. The van der Waals surface area contributed by atoms with Gasteiger partial charge in [-0.3, -0.25) is 19.2 Å². The van der Waals surface area contributed by atoms with Crippen LogP contribution in [0.25, 0.3) is 5.57 Å². The molecule has 2 aromatic carbocycles. The van der Waals surface area contributed by atoms with Crippen LogP contribution in [0.2, 0.25) is 0 Å². The molecule has 0 aliphatic heterocycles. The van der Waals surface area contributed by atoms with E-state index in [0.717, 1.165) is 11.6 Å². The summed E-state index contributed by atoms with van der Waals surface area (Å²) in [6.07, 6.45) is -1.11. The van der Waals surface area contributed by atoms with Crippen LogP contribution in [-0.4, -0.2) is 59.5 Å². The molecular weight excluding hydrogens is 704 g/mol. The summed E-state index contributed by atoms with van der Waals surface area (Å²) in [6.45, 7) is 7.68. The fraction of sp³-hybridized carbons (Fsp3) is 0.561. The number of allylic oxidation sites excluding steroid dienone is 1. The number of amides is 4. The van der Waals surface area contributed by atoms with E-state index in [9.17, 15) is 36.7 Å². The van der Waals surface area contributed by atoms with Crippen LogP contribution >= 0.6 is 0 Å². The first-order valence-corrected chi connectivity index (χ1v) is 19.1. The predicted octanol–water partition coefficient (Wildman–Crippen LogP) is 6.17. The Bertz CT molecular complexity index is 1700. The monoisotopic (exact) mass is 758 g/mol. The smallest absolute Gasteiger partial charge is 0.396 e. The van der Waals surface area contributed by atoms with E-state index in [0.29, 0.717) is 62.6 Å². The van der Waals surface area contributed by atoms with Crippen molar-refractivity contribution in [3.8, 4) is 0 Å². The molecule has 0 heterocycles. The second kappa shape index (κ2) is 18.9. The Labute approximate surface area is 315 Å². The zero-order valence-electron chi connectivity index (χ0n) is 31.6. The maximum atomic E-state index is 14.7. The topological polar surface area (TPSA) is 137 Å². The maximum absolute atomic E-state index is 14.7. The average molecular weight is 759 g/mol. The lowest BCUT2D eigenvalue weighted by molar-refractivity contribution is -0.139. The van der Waals surface area contributed by atoms with Crippen LogP contribution in [0, 0.1) is 17.7 Å². The Balaban J connectivity index is 1.70. The summed E-state index contributed by atoms with van der Waals surface area (Å²) in [7, 11) is 0. The van der Waals surface area contributed by atoms with Crippen LogP contribution in [0.5, 0.6) is 0 Å². The summed E-state index contributed by atoms with van der Waals surface area (Å²) in [5, 5.41) is 20.6. The molecule has 54 heavy (non-hydrogen) atoms. The van der Waals surface area contributed by atoms with Gasteiger partial charge in [0.05, 0.1) is 12.0 Å². The Morgan fingerprint density at radius 2 is 1.54 bits per heavy atom. The molecule has 0 fully saturated rings. The number of halogens is 4. The van der Waals surface area contributed by atoms with Crippen molar-refractivity contribution in [2.75, 3.05) is 13.2 Å². The van der Waals surface area contributed by atoms with E-state index in [2.05, 4.69) is 21.3 Å². The van der Waals surface area contributed by atoms with E-state index in [1.54, 1.807) is 19.1 Å². The molecule has 296 valence electrons. The van der Waals surface area contributed by atoms with Gasteiger partial charge in [-0.25, -0.2) is 4.39 Å². The predicted molar refractivity (Wildman–Crippen MR) is 198 cm³/mol. The van der Waals surface area contributed by atoms with Crippen LogP contribution in [0.15, 0.2) is 48.0 Å². The molecule has 2 unspecified atom stereocenters. The van der Waals surface area contributed by atoms with Gasteiger partial charge in [-0.05, 0) is 91.2 Å². The molecule has 2 aliphatic rings. The van der Waals surface area contributed by atoms with Crippen molar-refractivity contribution in [1.29, 1.82) is 0 Å². The summed E-state index contributed by atoms with van der Waals surface area (Å²) in [5.74, 6) is -3.61. The normalized spacial score (nSPS) is 19.1. The van der Waals surface area contributed by atoms with E-state index in [-0.39, 0.29) is 49.3 Å². The van der Waals surface area contributed by atoms with E-state index in [4.69, 9.17) is 5.11 Å². The molecular formula is C41H54F4N4O5. The Hall–Kier alpha value is -4.26. The largest absolute Gasteiger partial charge is 0.416 e. The highest BCUT2D eigenvalue weighted by molar-refractivity contribution is 5.99. The summed E-state index contributed by atoms with van der Waals surface area (Å²) < 4.78 is 56.9. The summed E-state index contributed by atoms with van der Waals surface area (Å²) >= 11 is 0. The summed E-state index contributed by atoms with van der Waals surface area (Å²) in [6, 6.07) is 7.73. The number of rotatable bonds is 17. The molecule has 2 aromatic rings. The highest BCUT2D eigenvalue weighted by atomic mass is 19.4. The number of hydrogen-bond acceptors (Lipinski definition) is 5. The van der Waals surface area contributed by atoms with Crippen molar-refractivity contribution < 1.29 is 41.8 Å². The van der Waals surface area contributed by atoms with Gasteiger partial charge in [0.1, 0.15) is 23.4 Å². The fourth-order valence-electron chi connectivity index (χ4n) is 7.40. The number of nitrogens with one attached hydrogen (secondary N) is 4. The minimum atomic E-state index is -4.58. The molecule has 4 amide bonds. The number of hydrogen-bond donors (Lipinski definition) is 5. The van der Waals surface area contributed by atoms with Gasteiger partial charge >= 0.3 is 6.18 Å². The van der Waals surface area contributed by atoms with Gasteiger partial charge in [0.2, 0.25) is 23.6 Å². The number of fused-ring (bicyclic) bond motifs is 2. The lowest BCUT2D eigenvalue weighted by Gasteiger charge is -2.42. The van der Waals surface area contributed by atoms with Crippen molar-refractivity contribution in [2.24, 2.45) is 11.8 Å². The molecule has 0 aromatic heterocycles. The van der Waals surface area contributed by atoms with E-state index >= 15 is 0 Å². The number of unbranched alkanes of at least 4 members (excludes halogenated alkanes) is 2. The van der Waals surface area contributed by atoms with Crippen LogP contribution in [-0.2, 0) is 38.2 Å². The highest BCUT2D eigenvalue weighted by Crippen LogP contribution is 2.47. The van der Waals surface area contributed by atoms with Crippen molar-refractivity contribution in [3.05, 3.63) is 76.1 Å². The summed E-state index contributed by atoms with van der Waals surface area (Å²) in [4.78, 5) is 55.8. The highest BCUT2D eigenvalue weighted by Gasteiger charge is 2.48. The molecule has 0 spiro atoms. The lowest BCUT2D eigenvalue weighted by Crippen LogP contribution is -2.66. The minimum absolute atomic E-state index is 0.0423. The standard InChI is InChI=1S/C41H54F4N4O5/c1-5-25(3)35(37(52)46-21-10-7-11-22-50)48-39(54)40(20-19-27-17-18-30-29(31(27)24-40)14-12-15-32(30)41(43,44)45)49-38(53)36(26(4)6-2)47-34(51)23-28-13-8-9-16-33(28)42/h8-9,12-16,25-26,35-36,50H,5-7,10-11,17-24H2,1-4H3,(H,46,52)(H,47,51)(H,48,54)(H,49,53)/t25?,26?,35-,36-,40+/m0/s1. The van der Waals surface area contributed by atoms with Gasteiger partial charge in [-0.15, -0.1) is 0 Å². The van der Waals surface area contributed by atoms with Gasteiger partial charge in [0, 0.05) is 19.6 Å². The number of aliphatic hydroxyl groups excluding tert-OH is 1. The van der Waals surface area contributed by atoms with Crippen molar-refractivity contribution in [3.63, 3.8) is 0 Å². The van der Waals surface area contributed by atoms with Crippen LogP contribution in [0.3, 0.4) is 0 Å². The lowest BCUT2D eigenvalue weighted by atomic mass is 9.70. The molecule has 0 saturated heterocycles. The molecule has 0 saturated carbocycles. The molecule has 0 radical (unpaired) electrons. The minimum Gasteiger partial charge on any atom is -0.396 e. The molecule has 2 aliphatic carbocycles. The Morgan fingerprint density at radius 1 is 0.852 bits per heavy atom. The van der Waals surface area contributed by atoms with E-state index in [1.807, 2.05) is 20.8 Å². The van der Waals surface area contributed by atoms with Crippen LogP contribution in [0.4, 0.5) is 17.6 Å². The third kappa shape index (κ3) is 10.3. The third-order valence-corrected chi connectivity index (χ3v) is 11.1. The average Bonchev–Trinajstić information content (AvgIpc) is 3.15. The quantitative estimate of drug-likeness (QED) is 0.0973. The van der Waals surface area contributed by atoms with Gasteiger partial charge < -0.3 is 26.4 Å². The maximum Gasteiger partial charge on any atom is 0.416 e. The van der Waals surface area contributed by atoms with Gasteiger partial charge in [-0.1, -0.05) is 76.4 Å². The van der Waals surface area contributed by atoms with Crippen LogP contribution < -0.4 is 21.3 Å². The Kier molecular flexibility index (Phi) is 14.8. The van der Waals surface area contributed by atoms with Crippen molar-refractivity contribution in [2.45, 2.75) is 122 Å². The zero-order chi connectivity index (χ0) is 39.6. The van der Waals surface area contributed by atoms with Gasteiger partial charge in [0.25, 0.3) is 0 Å². The zero-order valence-corrected chi connectivity index (χ0v) is 31.6. The first-order valence-electron chi connectivity index (χ1n) is 19.1. The molecule has 4 rings (SSSR count). The van der Waals surface area contributed by atoms with E-state index in [1.165, 1.54) is 24.3 Å². The van der Waals surface area contributed by atoms with Gasteiger partial charge in [-0.2, -0.15) is 13.2 Å². The molecule has 13 heteroatoms. The van der Waals surface area contributed by atoms with Crippen molar-refractivity contribution in [1.82, 2.24) is 21.3 Å². The Morgan fingerprint density at radius 3 is 2.19 bits per heavy atom. The summed E-state index contributed by atoms with van der Waals surface area (Å²) in [5.41, 5.74) is -0.281. The number of benzene rings is 2. The SMILES string of the molecule is CCC(C)[C@H](NC(=O)Cc1ccccc1F)C(=O)N[C@]1(C(=O)N[C@H](C(=O)NCCCCCO)C(C)CC)CCC2=C(C1)c1cccc(C(F)(F)F)c1CC2. The number of carbonyl (C=O) groups excluding carboxylic acids is 4. The molecule has 0 bridgehead atoms. The fourth-order valence-corrected chi connectivity index (χ4v) is 7.40. The number of alkyl halides is 3. The molecule has 5 atom stereocenters. The van der Waals surface area contributed by atoms with Crippen molar-refractivity contribution >= 4 is 29.2 Å². The molecule has 5 N–H and O–H groups in total. The first-order chi connectivity index (χ1) is 25.6. The second-order valence-electron chi connectivity index (χ2n) is 14.8. The van der Waals surface area contributed by atoms with Crippen LogP contribution in [0.1, 0.15) is 108 Å².